The van der Waals surface area contributed by atoms with Crippen LogP contribution in [0.25, 0.3) is 0 Å². The second kappa shape index (κ2) is 6.79. The second-order valence-electron chi connectivity index (χ2n) is 4.96. The van der Waals surface area contributed by atoms with E-state index < -0.39 is 6.04 Å². The maximum Gasteiger partial charge on any atom is 0.240 e. The van der Waals surface area contributed by atoms with Gasteiger partial charge in [0.1, 0.15) is 11.8 Å². The molecule has 0 bridgehead atoms. The van der Waals surface area contributed by atoms with Gasteiger partial charge in [0.2, 0.25) is 5.91 Å². The highest BCUT2D eigenvalue weighted by atomic mass is 16.5. The summed E-state index contributed by atoms with van der Waals surface area (Å²) in [6.45, 7) is 1.98. The fraction of sp³-hybridized carbons (Fsp3) is 0.235. The first-order valence-corrected chi connectivity index (χ1v) is 6.86. The molecule has 0 radical (unpaired) electrons. The van der Waals surface area contributed by atoms with E-state index in [1.807, 2.05) is 61.5 Å². The van der Waals surface area contributed by atoms with E-state index in [0.717, 1.165) is 17.0 Å². The number of nitrogens with one attached hydrogen (secondary N) is 1. The van der Waals surface area contributed by atoms with Crippen molar-refractivity contribution in [2.45, 2.75) is 18.9 Å². The summed E-state index contributed by atoms with van der Waals surface area (Å²) in [5.41, 5.74) is 7.43. The number of ether oxygens (including phenoxy) is 1. The van der Waals surface area contributed by atoms with Crippen LogP contribution in [0.15, 0.2) is 54.6 Å². The molecule has 0 aliphatic heterocycles. The number of nitrogens with two attached hydrogens (primary N) is 1. The molecule has 0 saturated carbocycles. The number of benzene rings is 2. The molecule has 4 nitrogen and oxygen atoms in total. The lowest BCUT2D eigenvalue weighted by atomic mass is 9.92. The van der Waals surface area contributed by atoms with Crippen molar-refractivity contribution in [3.63, 3.8) is 0 Å². The van der Waals surface area contributed by atoms with Crippen LogP contribution in [0.4, 0.5) is 5.69 Å². The number of carbonyl (C=O) groups excluding carboxylic acids is 1. The molecule has 2 aromatic carbocycles. The van der Waals surface area contributed by atoms with Crippen molar-refractivity contribution in [1.82, 2.24) is 0 Å². The van der Waals surface area contributed by atoms with Crippen LogP contribution in [0, 0.1) is 0 Å². The van der Waals surface area contributed by atoms with Gasteiger partial charge in [-0.25, -0.2) is 0 Å². The Hall–Kier alpha value is -2.49. The van der Waals surface area contributed by atoms with Gasteiger partial charge >= 0.3 is 0 Å². The number of methoxy groups -OCH3 is 1. The van der Waals surface area contributed by atoms with Crippen molar-refractivity contribution >= 4 is 11.6 Å². The number of carbonyl (C=O) groups is 1. The molecule has 1 amide bonds. The quantitative estimate of drug-likeness (QED) is 0.857. The Morgan fingerprint density at radius 3 is 2.48 bits per heavy atom. The molecule has 3 N–H and O–H groups in total. The van der Waals surface area contributed by atoms with Crippen LogP contribution in [-0.4, -0.2) is 19.1 Å². The summed E-state index contributed by atoms with van der Waals surface area (Å²) < 4.78 is 5.19. The van der Waals surface area contributed by atoms with E-state index >= 15 is 0 Å². The zero-order valence-electron chi connectivity index (χ0n) is 12.2. The molecule has 0 aromatic heterocycles. The maximum absolute atomic E-state index is 11.8. The van der Waals surface area contributed by atoms with Crippen molar-refractivity contribution in [3.8, 4) is 5.75 Å². The molecule has 0 aliphatic rings. The Bertz CT molecular complexity index is 599. The predicted molar refractivity (Wildman–Crippen MR) is 84.5 cm³/mol. The Morgan fingerprint density at radius 1 is 1.14 bits per heavy atom. The predicted octanol–water partition coefficient (Wildman–Crippen LogP) is 2.76. The summed E-state index contributed by atoms with van der Waals surface area (Å²) in [4.78, 5) is 11.8. The minimum atomic E-state index is -0.487. The largest absolute Gasteiger partial charge is 0.497 e. The fourth-order valence-corrected chi connectivity index (χ4v) is 2.28. The molecule has 0 spiro atoms. The maximum atomic E-state index is 11.8. The lowest BCUT2D eigenvalue weighted by Gasteiger charge is -2.24. The van der Waals surface area contributed by atoms with Gasteiger partial charge in [-0.15, -0.1) is 0 Å². The topological polar surface area (TPSA) is 64.3 Å². The lowest BCUT2D eigenvalue weighted by molar-refractivity contribution is -0.119. The molecule has 2 rings (SSSR count). The summed E-state index contributed by atoms with van der Waals surface area (Å²) in [6.07, 6.45) is 0. The number of hydrogen-bond acceptors (Lipinski definition) is 3. The van der Waals surface area contributed by atoms with Crippen molar-refractivity contribution in [1.29, 1.82) is 0 Å². The number of primary amides is 1. The van der Waals surface area contributed by atoms with Gasteiger partial charge in [0, 0.05) is 17.7 Å². The van der Waals surface area contributed by atoms with Crippen LogP contribution in [0.1, 0.15) is 18.4 Å². The monoisotopic (exact) mass is 284 g/mol. The molecule has 0 aliphatic carbocycles. The number of hydrogen-bond donors (Lipinski definition) is 2. The number of anilines is 1. The van der Waals surface area contributed by atoms with E-state index in [-0.39, 0.29) is 11.8 Å². The molecule has 2 atom stereocenters. The van der Waals surface area contributed by atoms with Crippen LogP contribution < -0.4 is 15.8 Å². The van der Waals surface area contributed by atoms with Crippen molar-refractivity contribution in [2.75, 3.05) is 12.4 Å². The summed E-state index contributed by atoms with van der Waals surface area (Å²) in [5.74, 6) is 0.319. The standard InChI is InChI=1S/C17H20N2O2/c1-12(13-7-4-3-5-8-13)16(17(18)20)19-14-9-6-10-15(11-14)21-2/h3-12,16,19H,1-2H3,(H2,18,20). The SMILES string of the molecule is COc1cccc(NC(C(N)=O)C(C)c2ccccc2)c1. The highest BCUT2D eigenvalue weighted by molar-refractivity contribution is 5.84. The molecule has 4 heteroatoms. The summed E-state index contributed by atoms with van der Waals surface area (Å²) >= 11 is 0. The van der Waals surface area contributed by atoms with Crippen molar-refractivity contribution < 1.29 is 9.53 Å². The molecule has 0 heterocycles. The van der Waals surface area contributed by atoms with E-state index in [1.54, 1.807) is 7.11 Å². The van der Waals surface area contributed by atoms with E-state index in [2.05, 4.69) is 5.32 Å². The summed E-state index contributed by atoms with van der Waals surface area (Å²) in [6, 6.07) is 16.8. The van der Waals surface area contributed by atoms with E-state index in [1.165, 1.54) is 0 Å². The third kappa shape index (κ3) is 3.75. The molecular weight excluding hydrogens is 264 g/mol. The van der Waals surface area contributed by atoms with Gasteiger partial charge in [-0.05, 0) is 17.7 Å². The van der Waals surface area contributed by atoms with Gasteiger partial charge in [0.25, 0.3) is 0 Å². The zero-order valence-corrected chi connectivity index (χ0v) is 12.2. The van der Waals surface area contributed by atoms with Gasteiger partial charge in [0.05, 0.1) is 7.11 Å². The van der Waals surface area contributed by atoms with E-state index in [9.17, 15) is 4.79 Å². The smallest absolute Gasteiger partial charge is 0.240 e. The summed E-state index contributed by atoms with van der Waals surface area (Å²) in [5, 5.41) is 3.20. The normalized spacial score (nSPS) is 13.2. The second-order valence-corrected chi connectivity index (χ2v) is 4.96. The van der Waals surface area contributed by atoms with E-state index in [0.29, 0.717) is 0 Å². The van der Waals surface area contributed by atoms with Crippen LogP contribution >= 0.6 is 0 Å². The Balaban J connectivity index is 2.21. The van der Waals surface area contributed by atoms with Crippen LogP contribution in [0.3, 0.4) is 0 Å². The summed E-state index contributed by atoms with van der Waals surface area (Å²) in [7, 11) is 1.61. The molecule has 2 unspecified atom stereocenters. The van der Waals surface area contributed by atoms with Crippen molar-refractivity contribution in [3.05, 3.63) is 60.2 Å². The first-order valence-electron chi connectivity index (χ1n) is 6.86. The average Bonchev–Trinajstić information content (AvgIpc) is 2.52. The molecular formula is C17H20N2O2. The van der Waals surface area contributed by atoms with Gasteiger partial charge in [0.15, 0.2) is 0 Å². The Labute approximate surface area is 124 Å². The first-order chi connectivity index (χ1) is 10.1. The van der Waals surface area contributed by atoms with Gasteiger partial charge in [-0.3, -0.25) is 4.79 Å². The van der Waals surface area contributed by atoms with Gasteiger partial charge < -0.3 is 15.8 Å². The highest BCUT2D eigenvalue weighted by Gasteiger charge is 2.24. The zero-order chi connectivity index (χ0) is 15.2. The number of rotatable bonds is 6. The third-order valence-corrected chi connectivity index (χ3v) is 3.52. The molecule has 21 heavy (non-hydrogen) atoms. The van der Waals surface area contributed by atoms with Crippen LogP contribution in [0.2, 0.25) is 0 Å². The van der Waals surface area contributed by atoms with Crippen molar-refractivity contribution in [2.24, 2.45) is 5.73 Å². The first kappa shape index (κ1) is 14.9. The van der Waals surface area contributed by atoms with Crippen LogP contribution in [-0.2, 0) is 4.79 Å². The molecule has 0 fully saturated rings. The molecule has 2 aromatic rings. The lowest BCUT2D eigenvalue weighted by Crippen LogP contribution is -2.39. The molecule has 110 valence electrons. The van der Waals surface area contributed by atoms with Gasteiger partial charge in [-0.2, -0.15) is 0 Å². The Morgan fingerprint density at radius 2 is 1.86 bits per heavy atom. The fourth-order valence-electron chi connectivity index (χ4n) is 2.28. The van der Waals surface area contributed by atoms with Gasteiger partial charge in [-0.1, -0.05) is 43.3 Å². The minimum absolute atomic E-state index is 0.0325. The van der Waals surface area contributed by atoms with E-state index in [4.69, 9.17) is 10.5 Å². The third-order valence-electron chi connectivity index (χ3n) is 3.52. The highest BCUT2D eigenvalue weighted by Crippen LogP contribution is 2.24. The minimum Gasteiger partial charge on any atom is -0.497 e. The number of amides is 1. The Kier molecular flexibility index (Phi) is 4.82. The van der Waals surface area contributed by atoms with Crippen LogP contribution in [0.5, 0.6) is 5.75 Å². The average molecular weight is 284 g/mol. The molecule has 0 saturated heterocycles.